The van der Waals surface area contributed by atoms with Gasteiger partial charge in [0.2, 0.25) is 0 Å². The van der Waals surface area contributed by atoms with E-state index in [1.807, 2.05) is 14.1 Å². The van der Waals surface area contributed by atoms with Crippen molar-refractivity contribution < 1.29 is 14.4 Å². The van der Waals surface area contributed by atoms with Crippen LogP contribution >= 0.6 is 0 Å². The van der Waals surface area contributed by atoms with Crippen LogP contribution in [0.2, 0.25) is 0 Å². The van der Waals surface area contributed by atoms with Crippen molar-refractivity contribution >= 4 is 17.6 Å². The molecule has 2 rings (SSSR count). The zero-order chi connectivity index (χ0) is 22.6. The number of benzene rings is 1. The number of hydrogen-bond acceptors (Lipinski definition) is 4. The van der Waals surface area contributed by atoms with E-state index in [9.17, 15) is 14.4 Å². The summed E-state index contributed by atoms with van der Waals surface area (Å²) in [6, 6.07) is 6.19. The van der Waals surface area contributed by atoms with Gasteiger partial charge < -0.3 is 4.90 Å². The van der Waals surface area contributed by atoms with E-state index in [0.29, 0.717) is 17.5 Å². The quantitative estimate of drug-likeness (QED) is 0.258. The first-order chi connectivity index (χ1) is 15.0. The van der Waals surface area contributed by atoms with Crippen LogP contribution < -0.4 is 0 Å². The summed E-state index contributed by atoms with van der Waals surface area (Å²) in [5.74, 6) is -0.729. The van der Waals surface area contributed by atoms with Crippen molar-refractivity contribution in [3.8, 4) is 0 Å². The lowest BCUT2D eigenvalue weighted by Crippen LogP contribution is -2.47. The molecule has 0 fully saturated rings. The van der Waals surface area contributed by atoms with E-state index in [1.165, 1.54) is 56.3 Å². The third-order valence-corrected chi connectivity index (χ3v) is 6.06. The molecular formula is C26H40N2O3. The monoisotopic (exact) mass is 428 g/mol. The van der Waals surface area contributed by atoms with Gasteiger partial charge in [-0.05, 0) is 32.6 Å². The number of carbonyl (C=O) groups is 3. The van der Waals surface area contributed by atoms with Crippen molar-refractivity contribution in [1.82, 2.24) is 9.80 Å². The highest BCUT2D eigenvalue weighted by Gasteiger charge is 2.42. The van der Waals surface area contributed by atoms with Crippen molar-refractivity contribution in [1.29, 1.82) is 0 Å². The third-order valence-electron chi connectivity index (χ3n) is 6.06. The molecule has 0 saturated heterocycles. The molecule has 0 radical (unpaired) electrons. The third kappa shape index (κ3) is 7.57. The van der Waals surface area contributed by atoms with Gasteiger partial charge in [0, 0.05) is 0 Å². The summed E-state index contributed by atoms with van der Waals surface area (Å²) in [5, 5.41) is 0. The van der Waals surface area contributed by atoms with E-state index in [-0.39, 0.29) is 24.1 Å². The maximum atomic E-state index is 12.9. The summed E-state index contributed by atoms with van der Waals surface area (Å²) in [7, 11) is 3.67. The lowest BCUT2D eigenvalue weighted by molar-refractivity contribution is -0.123. The van der Waals surface area contributed by atoms with E-state index in [0.717, 1.165) is 19.3 Å². The summed E-state index contributed by atoms with van der Waals surface area (Å²) in [5.41, 5.74) is 0.822. The number of Topliss-reactive ketones (excluding diaryl/α,β-unsaturated/α-hetero) is 1. The Balaban J connectivity index is 1.82. The lowest BCUT2D eigenvalue weighted by Gasteiger charge is -2.26. The topological polar surface area (TPSA) is 57.7 Å². The van der Waals surface area contributed by atoms with Gasteiger partial charge in [-0.2, -0.15) is 0 Å². The average Bonchev–Trinajstić information content (AvgIpc) is 2.99. The number of imide groups is 1. The van der Waals surface area contributed by atoms with Gasteiger partial charge in [-0.15, -0.1) is 0 Å². The smallest absolute Gasteiger partial charge is 0.262 e. The molecule has 2 amide bonds. The van der Waals surface area contributed by atoms with Crippen molar-refractivity contribution in [3.05, 3.63) is 35.4 Å². The molecule has 1 aromatic rings. The van der Waals surface area contributed by atoms with Gasteiger partial charge in [-0.3, -0.25) is 19.3 Å². The predicted octanol–water partition coefficient (Wildman–Crippen LogP) is 5.48. The van der Waals surface area contributed by atoms with Crippen LogP contribution in [0, 0.1) is 0 Å². The standard InChI is InChI=1S/C26H40N2O3/c1-4-5-6-7-8-9-10-11-12-13-14-19-23(24(29)20-27(2)3)28-25(30)21-17-15-16-18-22(21)26(28)31/h15-18,23H,4-14,19-20H2,1-3H3. The minimum atomic E-state index is -0.673. The molecule has 1 aromatic carbocycles. The Kier molecular flexibility index (Phi) is 10.9. The first-order valence-corrected chi connectivity index (χ1v) is 12.1. The van der Waals surface area contributed by atoms with Crippen LogP contribution in [0.25, 0.3) is 0 Å². The highest BCUT2D eigenvalue weighted by Crippen LogP contribution is 2.27. The highest BCUT2D eigenvalue weighted by molar-refractivity contribution is 6.23. The molecule has 1 unspecified atom stereocenters. The first kappa shape index (κ1) is 25.3. The van der Waals surface area contributed by atoms with Crippen LogP contribution in [-0.2, 0) is 4.79 Å². The number of nitrogens with zero attached hydrogens (tertiary/aromatic N) is 2. The van der Waals surface area contributed by atoms with E-state index < -0.39 is 6.04 Å². The normalized spacial score (nSPS) is 14.4. The summed E-state index contributed by atoms with van der Waals surface area (Å²) < 4.78 is 0. The maximum Gasteiger partial charge on any atom is 0.262 e. The van der Waals surface area contributed by atoms with Gasteiger partial charge in [-0.1, -0.05) is 89.7 Å². The first-order valence-electron chi connectivity index (χ1n) is 12.1. The Labute approximate surface area is 188 Å². The van der Waals surface area contributed by atoms with E-state index >= 15 is 0 Å². The summed E-state index contributed by atoms with van der Waals surface area (Å²) in [6.07, 6.45) is 14.1. The Hall–Kier alpha value is -2.01. The fourth-order valence-corrected chi connectivity index (χ4v) is 4.34. The number of unbranched alkanes of at least 4 members (excludes halogenated alkanes) is 10. The van der Waals surface area contributed by atoms with Crippen LogP contribution in [0.4, 0.5) is 0 Å². The zero-order valence-corrected chi connectivity index (χ0v) is 19.7. The summed E-state index contributed by atoms with van der Waals surface area (Å²) >= 11 is 0. The van der Waals surface area contributed by atoms with Crippen LogP contribution in [-0.4, -0.2) is 54.1 Å². The van der Waals surface area contributed by atoms with Crippen LogP contribution in [0.1, 0.15) is 105 Å². The van der Waals surface area contributed by atoms with Crippen molar-refractivity contribution in [2.75, 3.05) is 20.6 Å². The van der Waals surface area contributed by atoms with Crippen LogP contribution in [0.3, 0.4) is 0 Å². The average molecular weight is 429 g/mol. The largest absolute Gasteiger partial charge is 0.302 e. The number of carbonyl (C=O) groups excluding carboxylic acids is 3. The fraction of sp³-hybridized carbons (Fsp3) is 0.654. The van der Waals surface area contributed by atoms with Gasteiger partial charge in [0.25, 0.3) is 11.8 Å². The predicted molar refractivity (Wildman–Crippen MR) is 125 cm³/mol. The molecule has 0 spiro atoms. The Bertz CT molecular complexity index is 694. The number of rotatable bonds is 16. The molecule has 1 aliphatic heterocycles. The molecule has 1 heterocycles. The SMILES string of the molecule is CCCCCCCCCCCCCC(C(=O)CN(C)C)N1C(=O)c2ccccc2C1=O. The lowest BCUT2D eigenvalue weighted by atomic mass is 10.0. The highest BCUT2D eigenvalue weighted by atomic mass is 16.2. The molecule has 5 heteroatoms. The van der Waals surface area contributed by atoms with Gasteiger partial charge in [0.1, 0.15) is 6.04 Å². The number of ketones is 1. The Morgan fingerprint density at radius 3 is 1.71 bits per heavy atom. The van der Waals surface area contributed by atoms with E-state index in [4.69, 9.17) is 0 Å². The van der Waals surface area contributed by atoms with Gasteiger partial charge in [-0.25, -0.2) is 0 Å². The minimum Gasteiger partial charge on any atom is -0.302 e. The molecule has 0 bridgehead atoms. The van der Waals surface area contributed by atoms with Gasteiger partial charge in [0.15, 0.2) is 5.78 Å². The van der Waals surface area contributed by atoms with Crippen LogP contribution in [0.5, 0.6) is 0 Å². The van der Waals surface area contributed by atoms with Crippen LogP contribution in [0.15, 0.2) is 24.3 Å². The Morgan fingerprint density at radius 2 is 1.26 bits per heavy atom. The second-order valence-corrected chi connectivity index (χ2v) is 9.07. The van der Waals surface area contributed by atoms with Crippen molar-refractivity contribution in [3.63, 3.8) is 0 Å². The molecule has 0 aliphatic carbocycles. The number of amides is 2. The van der Waals surface area contributed by atoms with Gasteiger partial charge >= 0.3 is 0 Å². The summed E-state index contributed by atoms with van der Waals surface area (Å²) in [4.78, 5) is 41.7. The fourth-order valence-electron chi connectivity index (χ4n) is 4.34. The number of fused-ring (bicyclic) bond motifs is 1. The second-order valence-electron chi connectivity index (χ2n) is 9.07. The second kappa shape index (κ2) is 13.4. The van der Waals surface area contributed by atoms with E-state index in [2.05, 4.69) is 6.92 Å². The van der Waals surface area contributed by atoms with Crippen molar-refractivity contribution in [2.45, 2.75) is 90.0 Å². The maximum absolute atomic E-state index is 12.9. The molecule has 5 nitrogen and oxygen atoms in total. The van der Waals surface area contributed by atoms with E-state index in [1.54, 1.807) is 29.2 Å². The molecule has 172 valence electrons. The Morgan fingerprint density at radius 1 is 0.806 bits per heavy atom. The van der Waals surface area contributed by atoms with Crippen molar-refractivity contribution in [2.24, 2.45) is 0 Å². The number of hydrogen-bond donors (Lipinski definition) is 0. The molecule has 1 atom stereocenters. The molecular weight excluding hydrogens is 388 g/mol. The molecule has 31 heavy (non-hydrogen) atoms. The molecule has 1 aliphatic rings. The van der Waals surface area contributed by atoms with Gasteiger partial charge in [0.05, 0.1) is 17.7 Å². The zero-order valence-electron chi connectivity index (χ0n) is 19.7. The summed E-state index contributed by atoms with van der Waals surface area (Å²) in [6.45, 7) is 2.48. The minimum absolute atomic E-state index is 0.0633. The molecule has 0 aromatic heterocycles. The molecule has 0 N–H and O–H groups in total. The number of likely N-dealkylation sites (N-methyl/N-ethyl adjacent to an activating group) is 1. The molecule has 0 saturated carbocycles.